The quantitative estimate of drug-likeness (QED) is 0.894. The molecule has 17 heavy (non-hydrogen) atoms. The van der Waals surface area contributed by atoms with Crippen molar-refractivity contribution in [3.8, 4) is 11.3 Å². The summed E-state index contributed by atoms with van der Waals surface area (Å²) >= 11 is 0. The Balaban J connectivity index is 2.46. The van der Waals surface area contributed by atoms with E-state index in [9.17, 15) is 8.78 Å². The largest absolute Gasteiger partial charge is 0.380 e. The number of halogens is 2. The summed E-state index contributed by atoms with van der Waals surface area (Å²) in [5.41, 5.74) is 5.62. The molecule has 1 aromatic carbocycles. The molecule has 0 fully saturated rings. The Morgan fingerprint density at radius 1 is 1.29 bits per heavy atom. The van der Waals surface area contributed by atoms with E-state index in [-0.39, 0.29) is 29.3 Å². The third-order valence-corrected chi connectivity index (χ3v) is 2.24. The van der Waals surface area contributed by atoms with Crippen LogP contribution in [0, 0.1) is 11.6 Å². The number of hydrogen-bond acceptors (Lipinski definition) is 4. The fourth-order valence-corrected chi connectivity index (χ4v) is 1.47. The molecule has 2 N–H and O–H groups in total. The molecule has 6 heteroatoms. The van der Waals surface area contributed by atoms with Gasteiger partial charge in [-0.3, -0.25) is 0 Å². The minimum atomic E-state index is -0.605. The van der Waals surface area contributed by atoms with Crippen molar-refractivity contribution in [3.05, 3.63) is 35.4 Å². The van der Waals surface area contributed by atoms with Gasteiger partial charge in [0.2, 0.25) is 5.88 Å². The molecule has 1 aromatic heterocycles. The van der Waals surface area contributed by atoms with Crippen molar-refractivity contribution in [2.75, 3.05) is 12.8 Å². The first-order chi connectivity index (χ1) is 8.11. The van der Waals surface area contributed by atoms with Gasteiger partial charge in [-0.25, -0.2) is 8.78 Å². The minimum Gasteiger partial charge on any atom is -0.380 e. The van der Waals surface area contributed by atoms with Crippen molar-refractivity contribution in [1.82, 2.24) is 5.16 Å². The fourth-order valence-electron chi connectivity index (χ4n) is 1.47. The predicted molar refractivity (Wildman–Crippen MR) is 57.0 cm³/mol. The third-order valence-electron chi connectivity index (χ3n) is 2.24. The number of hydrogen-bond donors (Lipinski definition) is 1. The summed E-state index contributed by atoms with van der Waals surface area (Å²) < 4.78 is 36.6. The van der Waals surface area contributed by atoms with Crippen LogP contribution < -0.4 is 5.73 Å². The van der Waals surface area contributed by atoms with Crippen LogP contribution in [0.5, 0.6) is 0 Å². The number of methoxy groups -OCH3 is 1. The van der Waals surface area contributed by atoms with Crippen molar-refractivity contribution < 1.29 is 18.0 Å². The highest BCUT2D eigenvalue weighted by Crippen LogP contribution is 2.26. The number of benzene rings is 1. The normalized spacial score (nSPS) is 10.8. The van der Waals surface area contributed by atoms with Crippen LogP contribution >= 0.6 is 0 Å². The molecule has 4 nitrogen and oxygen atoms in total. The predicted octanol–water partition coefficient (Wildman–Crippen LogP) is 2.35. The number of ether oxygens (including phenoxy) is 1. The Labute approximate surface area is 96.0 Å². The fraction of sp³-hybridized carbons (Fsp3) is 0.182. The second-order valence-electron chi connectivity index (χ2n) is 3.47. The summed E-state index contributed by atoms with van der Waals surface area (Å²) in [7, 11) is 1.41. The summed E-state index contributed by atoms with van der Waals surface area (Å²) in [5.74, 6) is -1.13. The number of anilines is 1. The van der Waals surface area contributed by atoms with Crippen LogP contribution in [0.4, 0.5) is 14.7 Å². The van der Waals surface area contributed by atoms with Crippen LogP contribution in [0.3, 0.4) is 0 Å². The van der Waals surface area contributed by atoms with E-state index >= 15 is 0 Å². The van der Waals surface area contributed by atoms with E-state index in [0.29, 0.717) is 0 Å². The SMILES string of the molecule is COCc1cc(F)c(-c2cc(N)on2)cc1F. The van der Waals surface area contributed by atoms with E-state index in [1.54, 1.807) is 0 Å². The molecule has 2 rings (SSSR count). The van der Waals surface area contributed by atoms with Crippen molar-refractivity contribution in [2.45, 2.75) is 6.61 Å². The molecule has 0 saturated carbocycles. The van der Waals surface area contributed by atoms with Gasteiger partial charge in [0.05, 0.1) is 6.61 Å². The summed E-state index contributed by atoms with van der Waals surface area (Å²) in [5, 5.41) is 3.53. The van der Waals surface area contributed by atoms with Crippen LogP contribution in [0.15, 0.2) is 22.7 Å². The monoisotopic (exact) mass is 240 g/mol. The van der Waals surface area contributed by atoms with E-state index in [1.807, 2.05) is 0 Å². The van der Waals surface area contributed by atoms with Gasteiger partial charge >= 0.3 is 0 Å². The van der Waals surface area contributed by atoms with E-state index < -0.39 is 11.6 Å². The maximum Gasteiger partial charge on any atom is 0.222 e. The van der Waals surface area contributed by atoms with Gasteiger partial charge in [0.1, 0.15) is 17.3 Å². The first-order valence-electron chi connectivity index (χ1n) is 4.81. The van der Waals surface area contributed by atoms with E-state index in [4.69, 9.17) is 10.5 Å². The van der Waals surface area contributed by atoms with Crippen LogP contribution in [-0.4, -0.2) is 12.3 Å². The maximum absolute atomic E-state index is 13.7. The summed E-state index contributed by atoms with van der Waals surface area (Å²) in [6.45, 7) is 0.00396. The molecular weight excluding hydrogens is 230 g/mol. The molecule has 0 aliphatic heterocycles. The highest BCUT2D eigenvalue weighted by atomic mass is 19.1. The standard InChI is InChI=1S/C11H10F2N2O2/c1-16-5-6-2-9(13)7(3-8(6)12)10-4-11(14)17-15-10/h2-4H,5,14H2,1H3. The summed E-state index contributed by atoms with van der Waals surface area (Å²) in [6, 6.07) is 3.44. The average Bonchev–Trinajstić information content (AvgIpc) is 2.70. The van der Waals surface area contributed by atoms with Gasteiger partial charge in [-0.15, -0.1) is 0 Å². The lowest BCUT2D eigenvalue weighted by Gasteiger charge is -2.05. The molecule has 0 bridgehead atoms. The number of rotatable bonds is 3. The zero-order valence-electron chi connectivity index (χ0n) is 9.04. The number of nitrogens with two attached hydrogens (primary N) is 1. The molecule has 1 heterocycles. The zero-order chi connectivity index (χ0) is 12.4. The lowest BCUT2D eigenvalue weighted by molar-refractivity contribution is 0.181. The van der Waals surface area contributed by atoms with Crippen LogP contribution in [0.1, 0.15) is 5.56 Å². The Bertz CT molecular complexity index is 540. The van der Waals surface area contributed by atoms with Crippen molar-refractivity contribution >= 4 is 5.88 Å². The molecule has 0 amide bonds. The number of aromatic nitrogens is 1. The zero-order valence-corrected chi connectivity index (χ0v) is 9.04. The maximum atomic E-state index is 13.7. The first-order valence-corrected chi connectivity index (χ1v) is 4.81. The van der Waals surface area contributed by atoms with E-state index in [1.165, 1.54) is 13.2 Å². The average molecular weight is 240 g/mol. The van der Waals surface area contributed by atoms with Gasteiger partial charge in [0, 0.05) is 24.3 Å². The second kappa shape index (κ2) is 4.50. The molecular formula is C11H10F2N2O2. The summed E-state index contributed by atoms with van der Waals surface area (Å²) in [6.07, 6.45) is 0. The van der Waals surface area contributed by atoms with Crippen LogP contribution in [0.25, 0.3) is 11.3 Å². The molecule has 0 atom stereocenters. The van der Waals surface area contributed by atoms with Crippen molar-refractivity contribution in [3.63, 3.8) is 0 Å². The van der Waals surface area contributed by atoms with E-state index in [2.05, 4.69) is 9.68 Å². The number of nitrogen functional groups attached to an aromatic ring is 1. The highest BCUT2D eigenvalue weighted by Gasteiger charge is 2.14. The Hall–Kier alpha value is -1.95. The number of nitrogens with zero attached hydrogens (tertiary/aromatic N) is 1. The minimum absolute atomic E-state index is 0.00260. The van der Waals surface area contributed by atoms with E-state index in [0.717, 1.165) is 12.1 Å². The van der Waals surface area contributed by atoms with Crippen LogP contribution in [0.2, 0.25) is 0 Å². The molecule has 2 aromatic rings. The van der Waals surface area contributed by atoms with Crippen LogP contribution in [-0.2, 0) is 11.3 Å². The van der Waals surface area contributed by atoms with Gasteiger partial charge < -0.3 is 15.0 Å². The molecule has 0 radical (unpaired) electrons. The molecule has 0 unspecified atom stereocenters. The first kappa shape index (κ1) is 11.5. The highest BCUT2D eigenvalue weighted by molar-refractivity contribution is 5.62. The van der Waals surface area contributed by atoms with Crippen molar-refractivity contribution in [1.29, 1.82) is 0 Å². The van der Waals surface area contributed by atoms with Gasteiger partial charge in [-0.1, -0.05) is 5.16 Å². The lowest BCUT2D eigenvalue weighted by atomic mass is 10.1. The molecule has 0 spiro atoms. The topological polar surface area (TPSA) is 61.3 Å². The van der Waals surface area contributed by atoms with Gasteiger partial charge in [-0.2, -0.15) is 0 Å². The Morgan fingerprint density at radius 3 is 2.65 bits per heavy atom. The smallest absolute Gasteiger partial charge is 0.222 e. The van der Waals surface area contributed by atoms with Crippen molar-refractivity contribution in [2.24, 2.45) is 0 Å². The van der Waals surface area contributed by atoms with Gasteiger partial charge in [0.25, 0.3) is 0 Å². The second-order valence-corrected chi connectivity index (χ2v) is 3.47. The third kappa shape index (κ3) is 2.26. The Kier molecular flexibility index (Phi) is 3.06. The Morgan fingerprint density at radius 2 is 2.06 bits per heavy atom. The van der Waals surface area contributed by atoms with Gasteiger partial charge in [0.15, 0.2) is 0 Å². The molecule has 0 aliphatic carbocycles. The van der Waals surface area contributed by atoms with Gasteiger partial charge in [-0.05, 0) is 12.1 Å². The lowest BCUT2D eigenvalue weighted by Crippen LogP contribution is -1.96. The summed E-state index contributed by atoms with van der Waals surface area (Å²) in [4.78, 5) is 0. The molecule has 90 valence electrons. The molecule has 0 saturated heterocycles. The molecule has 0 aliphatic rings.